The zero-order valence-corrected chi connectivity index (χ0v) is 16.4. The second-order valence-electron chi connectivity index (χ2n) is 7.72. The lowest BCUT2D eigenvalue weighted by molar-refractivity contribution is 0.112. The molecule has 1 saturated carbocycles. The number of fused-ring (bicyclic) bond motifs is 1. The molecule has 9 heteroatoms. The first-order chi connectivity index (χ1) is 13.9. The Morgan fingerprint density at radius 3 is 2.59 bits per heavy atom. The van der Waals surface area contributed by atoms with E-state index in [2.05, 4.69) is 25.6 Å². The molecule has 0 unspecified atom stereocenters. The summed E-state index contributed by atoms with van der Waals surface area (Å²) in [5.74, 6) is -0.430. The van der Waals surface area contributed by atoms with Gasteiger partial charge in [-0.3, -0.25) is 4.57 Å². The average molecular weight is 402 g/mol. The molecule has 1 fully saturated rings. The highest BCUT2D eigenvalue weighted by atomic mass is 19.1. The zero-order valence-electron chi connectivity index (χ0n) is 16.4. The molecular formula is C20H24F2N6O. The summed E-state index contributed by atoms with van der Waals surface area (Å²) in [4.78, 5) is 13.5. The van der Waals surface area contributed by atoms with Crippen molar-refractivity contribution < 1.29 is 13.9 Å². The van der Waals surface area contributed by atoms with Crippen LogP contribution in [0.25, 0.3) is 11.2 Å². The maximum Gasteiger partial charge on any atom is 0.224 e. The molecular weight excluding hydrogens is 378 g/mol. The number of anilines is 3. The van der Waals surface area contributed by atoms with Gasteiger partial charge in [0, 0.05) is 18.2 Å². The molecule has 0 bridgehead atoms. The van der Waals surface area contributed by atoms with E-state index in [9.17, 15) is 13.9 Å². The van der Waals surface area contributed by atoms with Crippen LogP contribution in [0.3, 0.4) is 0 Å². The summed E-state index contributed by atoms with van der Waals surface area (Å²) in [6.45, 7) is 4.00. The second kappa shape index (κ2) is 7.90. The fourth-order valence-electron chi connectivity index (χ4n) is 3.68. The summed E-state index contributed by atoms with van der Waals surface area (Å²) in [7, 11) is 0. The van der Waals surface area contributed by atoms with Crippen molar-refractivity contribution in [3.8, 4) is 0 Å². The molecule has 3 N–H and O–H groups in total. The van der Waals surface area contributed by atoms with Crippen LogP contribution in [0.2, 0.25) is 0 Å². The highest BCUT2D eigenvalue weighted by molar-refractivity contribution is 5.76. The third kappa shape index (κ3) is 4.14. The van der Waals surface area contributed by atoms with Crippen LogP contribution in [0.4, 0.5) is 26.4 Å². The monoisotopic (exact) mass is 402 g/mol. The number of halogens is 2. The summed E-state index contributed by atoms with van der Waals surface area (Å²) in [5, 5.41) is 16.1. The molecule has 1 aliphatic rings. The quantitative estimate of drug-likeness (QED) is 0.594. The maximum absolute atomic E-state index is 14.2. The maximum atomic E-state index is 14.2. The Hall–Kier alpha value is -2.81. The minimum atomic E-state index is -0.698. The van der Waals surface area contributed by atoms with Gasteiger partial charge in [0.15, 0.2) is 5.65 Å². The average Bonchev–Trinajstić information content (AvgIpc) is 3.01. The number of hydrogen-bond acceptors (Lipinski definition) is 6. The number of hydrogen-bond donors (Lipinski definition) is 3. The van der Waals surface area contributed by atoms with Crippen molar-refractivity contribution in [2.24, 2.45) is 0 Å². The molecule has 0 saturated heterocycles. The van der Waals surface area contributed by atoms with Crippen molar-refractivity contribution in [1.82, 2.24) is 19.5 Å². The van der Waals surface area contributed by atoms with E-state index in [0.29, 0.717) is 35.9 Å². The van der Waals surface area contributed by atoms with Gasteiger partial charge < -0.3 is 15.7 Å². The van der Waals surface area contributed by atoms with Crippen molar-refractivity contribution in [2.75, 3.05) is 10.6 Å². The predicted molar refractivity (Wildman–Crippen MR) is 107 cm³/mol. The van der Waals surface area contributed by atoms with Crippen LogP contribution in [-0.4, -0.2) is 36.8 Å². The van der Waals surface area contributed by atoms with Crippen molar-refractivity contribution >= 4 is 28.7 Å². The first kappa shape index (κ1) is 19.5. The third-order valence-electron chi connectivity index (χ3n) is 5.06. The van der Waals surface area contributed by atoms with E-state index < -0.39 is 11.6 Å². The van der Waals surface area contributed by atoms with Gasteiger partial charge in [-0.25, -0.2) is 18.7 Å². The summed E-state index contributed by atoms with van der Waals surface area (Å²) in [5.41, 5.74) is 1.34. The summed E-state index contributed by atoms with van der Waals surface area (Å²) in [6, 6.07) is 3.59. The van der Waals surface area contributed by atoms with E-state index in [-0.39, 0.29) is 23.9 Å². The van der Waals surface area contributed by atoms with Gasteiger partial charge in [-0.1, -0.05) is 0 Å². The Balaban J connectivity index is 1.78. The van der Waals surface area contributed by atoms with Gasteiger partial charge in [-0.15, -0.1) is 0 Å². The molecule has 0 atom stereocenters. The highest BCUT2D eigenvalue weighted by Gasteiger charge is 2.26. The van der Waals surface area contributed by atoms with Crippen LogP contribution >= 0.6 is 0 Å². The van der Waals surface area contributed by atoms with Gasteiger partial charge in [0.25, 0.3) is 0 Å². The normalized spacial score (nSPS) is 19.7. The van der Waals surface area contributed by atoms with Gasteiger partial charge in [-0.05, 0) is 51.7 Å². The van der Waals surface area contributed by atoms with E-state index >= 15 is 0 Å². The SMILES string of the molecule is CC(C)Nc1ncc2nc(Nc3ccc(F)cc3F)n(C3CCC(O)CC3)c2n1. The lowest BCUT2D eigenvalue weighted by atomic mass is 9.93. The van der Waals surface area contributed by atoms with Crippen LogP contribution < -0.4 is 10.6 Å². The van der Waals surface area contributed by atoms with Gasteiger partial charge in [-0.2, -0.15) is 4.98 Å². The number of benzene rings is 1. The zero-order chi connectivity index (χ0) is 20.5. The molecule has 1 aromatic carbocycles. The van der Waals surface area contributed by atoms with Gasteiger partial charge in [0.1, 0.15) is 17.2 Å². The van der Waals surface area contributed by atoms with Crippen molar-refractivity contribution in [3.63, 3.8) is 0 Å². The number of aliphatic hydroxyl groups excluding tert-OH is 1. The molecule has 3 aromatic rings. The fourth-order valence-corrected chi connectivity index (χ4v) is 3.68. The summed E-state index contributed by atoms with van der Waals surface area (Å²) in [6.07, 6.45) is 4.19. The molecule has 0 amide bonds. The second-order valence-corrected chi connectivity index (χ2v) is 7.72. The van der Waals surface area contributed by atoms with E-state index in [4.69, 9.17) is 0 Å². The topological polar surface area (TPSA) is 87.9 Å². The lowest BCUT2D eigenvalue weighted by Crippen LogP contribution is -2.22. The molecule has 2 aromatic heterocycles. The van der Waals surface area contributed by atoms with Gasteiger partial charge in [0.05, 0.1) is 18.0 Å². The van der Waals surface area contributed by atoms with E-state index in [1.165, 1.54) is 12.1 Å². The van der Waals surface area contributed by atoms with E-state index in [1.807, 2.05) is 18.4 Å². The number of rotatable bonds is 5. The number of aliphatic hydroxyl groups is 1. The molecule has 0 spiro atoms. The minimum Gasteiger partial charge on any atom is -0.393 e. The molecule has 154 valence electrons. The van der Waals surface area contributed by atoms with Crippen LogP contribution in [0.1, 0.15) is 45.6 Å². The molecule has 4 rings (SSSR count). The Kier molecular flexibility index (Phi) is 5.31. The van der Waals surface area contributed by atoms with E-state index in [1.54, 1.807) is 6.20 Å². The molecule has 0 radical (unpaired) electrons. The van der Waals surface area contributed by atoms with Crippen molar-refractivity contribution in [2.45, 2.75) is 57.7 Å². The van der Waals surface area contributed by atoms with E-state index in [0.717, 1.165) is 18.9 Å². The fraction of sp³-hybridized carbons (Fsp3) is 0.450. The molecule has 29 heavy (non-hydrogen) atoms. The first-order valence-electron chi connectivity index (χ1n) is 9.82. The number of imidazole rings is 1. The molecule has 0 aliphatic heterocycles. The Morgan fingerprint density at radius 2 is 1.90 bits per heavy atom. The van der Waals surface area contributed by atoms with Crippen LogP contribution in [0, 0.1) is 11.6 Å². The third-order valence-corrected chi connectivity index (χ3v) is 5.06. The smallest absolute Gasteiger partial charge is 0.224 e. The summed E-state index contributed by atoms with van der Waals surface area (Å²) < 4.78 is 29.4. The molecule has 2 heterocycles. The van der Waals surface area contributed by atoms with Gasteiger partial charge >= 0.3 is 0 Å². The standard InChI is InChI=1S/C20H24F2N6O/c1-11(2)24-19-23-10-17-18(27-19)28(13-4-6-14(29)7-5-13)20(26-17)25-16-8-3-12(21)9-15(16)22/h3,8-11,13-14,29H,4-7H2,1-2H3,(H,25,26)(H,23,24,27). The molecule has 1 aliphatic carbocycles. The minimum absolute atomic E-state index is 0.0520. The van der Waals surface area contributed by atoms with Gasteiger partial charge in [0.2, 0.25) is 11.9 Å². The number of aromatic nitrogens is 4. The lowest BCUT2D eigenvalue weighted by Gasteiger charge is -2.28. The number of nitrogens with zero attached hydrogens (tertiary/aromatic N) is 4. The molecule has 7 nitrogen and oxygen atoms in total. The summed E-state index contributed by atoms with van der Waals surface area (Å²) >= 11 is 0. The first-order valence-corrected chi connectivity index (χ1v) is 9.82. The number of nitrogens with one attached hydrogen (secondary N) is 2. The highest BCUT2D eigenvalue weighted by Crippen LogP contribution is 2.35. The van der Waals surface area contributed by atoms with Crippen LogP contribution in [0.15, 0.2) is 24.4 Å². The largest absolute Gasteiger partial charge is 0.393 e. The predicted octanol–water partition coefficient (Wildman–Crippen LogP) is 4.14. The van der Waals surface area contributed by atoms with Crippen molar-refractivity contribution in [1.29, 1.82) is 0 Å². The van der Waals surface area contributed by atoms with Crippen LogP contribution in [-0.2, 0) is 0 Å². The Morgan fingerprint density at radius 1 is 1.14 bits per heavy atom. The van der Waals surface area contributed by atoms with Crippen LogP contribution in [0.5, 0.6) is 0 Å². The Labute approximate surface area is 167 Å². The Bertz CT molecular complexity index is 1010. The van der Waals surface area contributed by atoms with Crippen molar-refractivity contribution in [3.05, 3.63) is 36.0 Å².